The highest BCUT2D eigenvalue weighted by Gasteiger charge is 2.54. The maximum atomic E-state index is 11.4. The fraction of sp³-hybridized carbons (Fsp3) is 0.756. The van der Waals surface area contributed by atoms with Crippen molar-refractivity contribution in [2.24, 2.45) is 23.2 Å². The number of hydrogen-bond donors (Lipinski definition) is 1. The van der Waals surface area contributed by atoms with Crippen molar-refractivity contribution in [2.45, 2.75) is 193 Å². The van der Waals surface area contributed by atoms with Gasteiger partial charge in [-0.3, -0.25) is 0 Å². The van der Waals surface area contributed by atoms with E-state index in [1.807, 2.05) is 6.20 Å². The van der Waals surface area contributed by atoms with Gasteiger partial charge in [0.2, 0.25) is 5.89 Å². The van der Waals surface area contributed by atoms with E-state index in [0.29, 0.717) is 17.8 Å². The summed E-state index contributed by atoms with van der Waals surface area (Å²) in [6.45, 7) is 35.3. The number of nitrogens with zero attached hydrogens (tertiary/aromatic N) is 1. The molecule has 1 heterocycles. The summed E-state index contributed by atoms with van der Waals surface area (Å²) in [7, 11) is -3.96. The molecule has 4 saturated carbocycles. The second-order valence-electron chi connectivity index (χ2n) is 20.6. The van der Waals surface area contributed by atoms with Crippen LogP contribution in [-0.2, 0) is 20.7 Å². The van der Waals surface area contributed by atoms with Crippen molar-refractivity contribution >= 4 is 16.6 Å². The first-order chi connectivity index (χ1) is 24.0. The van der Waals surface area contributed by atoms with Crippen molar-refractivity contribution in [1.82, 2.24) is 4.98 Å². The highest BCUT2D eigenvalue weighted by molar-refractivity contribution is 6.74. The number of aliphatic hydroxyl groups excluding tert-OH is 1. The van der Waals surface area contributed by atoms with Crippen molar-refractivity contribution in [3.8, 4) is 0 Å². The first-order valence-corrected chi connectivity index (χ1v) is 26.6. The van der Waals surface area contributed by atoms with Gasteiger partial charge in [-0.2, -0.15) is 0 Å². The Bertz CT molecular complexity index is 1520. The van der Waals surface area contributed by atoms with Crippen LogP contribution >= 0.6 is 0 Å². The molecule has 292 valence electrons. The number of aromatic nitrogens is 1. The number of hydrogen-bond acceptors (Lipinski definition) is 5. The fourth-order valence-corrected chi connectivity index (χ4v) is 11.8. The van der Waals surface area contributed by atoms with Gasteiger partial charge in [0.15, 0.2) is 16.6 Å². The molecule has 7 heteroatoms. The second-order valence-corrected chi connectivity index (χ2v) is 30.1. The zero-order valence-electron chi connectivity index (χ0n) is 35.5. The summed E-state index contributed by atoms with van der Waals surface area (Å²) < 4.78 is 20.3. The molecule has 4 aliphatic rings. The molecule has 1 aromatic heterocycles. The molecule has 4 aliphatic carbocycles. The molecule has 5 rings (SSSR count). The summed E-state index contributed by atoms with van der Waals surface area (Å²) in [4.78, 5) is 4.59. The van der Waals surface area contributed by atoms with E-state index in [4.69, 9.17) is 19.8 Å². The number of aliphatic hydroxyl groups is 1. The van der Waals surface area contributed by atoms with Crippen LogP contribution in [-0.4, -0.2) is 45.0 Å². The van der Waals surface area contributed by atoms with Gasteiger partial charge in [-0.05, 0) is 128 Å². The minimum atomic E-state index is -2.01. The minimum Gasteiger partial charge on any atom is -0.445 e. The van der Waals surface area contributed by atoms with Crippen LogP contribution in [0.3, 0.4) is 0 Å². The Morgan fingerprint density at radius 2 is 1.65 bits per heavy atom. The quantitative estimate of drug-likeness (QED) is 0.170. The predicted molar refractivity (Wildman–Crippen MR) is 223 cm³/mol. The number of oxazole rings is 1. The van der Waals surface area contributed by atoms with Crippen molar-refractivity contribution in [3.63, 3.8) is 0 Å². The molecule has 0 aromatic carbocycles. The summed E-state index contributed by atoms with van der Waals surface area (Å²) in [6.07, 6.45) is 22.5. The lowest BCUT2D eigenvalue weighted by Crippen LogP contribution is -2.49. The van der Waals surface area contributed by atoms with Gasteiger partial charge in [0.1, 0.15) is 5.76 Å². The molecule has 1 N–H and O–H groups in total. The first kappa shape index (κ1) is 41.6. The number of fused-ring (bicyclic) bond motifs is 1. The molecule has 4 fully saturated rings. The van der Waals surface area contributed by atoms with E-state index in [-0.39, 0.29) is 33.1 Å². The van der Waals surface area contributed by atoms with Crippen LogP contribution in [0.15, 0.2) is 58.2 Å². The smallest absolute Gasteiger partial charge is 0.203 e. The van der Waals surface area contributed by atoms with E-state index < -0.39 is 22.7 Å². The van der Waals surface area contributed by atoms with Gasteiger partial charge < -0.3 is 18.4 Å². The molecule has 0 unspecified atom stereocenters. The van der Waals surface area contributed by atoms with Gasteiger partial charge in [0.05, 0.1) is 29.9 Å². The SMILES string of the molecule is C=C1/C(=C\C=C2/CCC[C@]3(C)[C@@H]([C@H](C)/C=C/[C@H](O)C4(c5ncc(CCC)o5)CC4)CC[C@@H]23)C[C@@H](O[Si](C)(C)C(C)(C)C)C[C@@H]1O[Si](C)(C)C(C)(C)C. The normalized spacial score (nSPS) is 31.4. The van der Waals surface area contributed by atoms with Crippen LogP contribution in [0.5, 0.6) is 0 Å². The Morgan fingerprint density at radius 3 is 2.27 bits per heavy atom. The molecule has 7 atom stereocenters. The average molecular weight is 750 g/mol. The number of aryl methyl sites for hydroxylation is 1. The highest BCUT2D eigenvalue weighted by Crippen LogP contribution is 2.60. The highest BCUT2D eigenvalue weighted by atomic mass is 28.4. The van der Waals surface area contributed by atoms with Crippen LogP contribution in [0.25, 0.3) is 0 Å². The summed E-state index contributed by atoms with van der Waals surface area (Å²) in [5, 5.41) is 11.7. The molecule has 0 aliphatic heterocycles. The predicted octanol–water partition coefficient (Wildman–Crippen LogP) is 12.4. The minimum absolute atomic E-state index is 0.00117. The molecule has 0 spiro atoms. The van der Waals surface area contributed by atoms with Crippen molar-refractivity contribution in [3.05, 3.63) is 65.5 Å². The van der Waals surface area contributed by atoms with Gasteiger partial charge in [-0.25, -0.2) is 4.98 Å². The van der Waals surface area contributed by atoms with Gasteiger partial charge in [-0.1, -0.05) is 98.8 Å². The van der Waals surface area contributed by atoms with Crippen LogP contribution in [0.1, 0.15) is 138 Å². The first-order valence-electron chi connectivity index (χ1n) is 20.8. The third-order valence-electron chi connectivity index (χ3n) is 14.8. The molecule has 0 saturated heterocycles. The number of allylic oxidation sites excluding steroid dienone is 4. The van der Waals surface area contributed by atoms with E-state index in [9.17, 15) is 5.11 Å². The zero-order chi connectivity index (χ0) is 38.5. The summed E-state index contributed by atoms with van der Waals surface area (Å²) >= 11 is 0. The van der Waals surface area contributed by atoms with Crippen molar-refractivity contribution in [2.75, 3.05) is 0 Å². The lowest BCUT2D eigenvalue weighted by molar-refractivity contribution is 0.0969. The Kier molecular flexibility index (Phi) is 12.2. The standard InChI is InChI=1S/C45H75NO4Si2/c1-15-17-35-30-46-41(48-35)45(26-27-45)40(47)24-19-31(2)37-22-23-38-33(18-16-25-44(37,38)10)20-21-34-28-36(49-51(11,12)42(4,5)6)29-39(32(34)3)50-52(13,14)43(7,8)9/h19-21,24,30-31,36-40,47H,3,15-18,22-23,25-29H2,1-2,4-14H3/b24-19+,33-20+,34-21-/t31-,36-,37-,38+,39+,40+,44-/m1/s1. The molecular weight excluding hydrogens is 675 g/mol. The molecule has 0 amide bonds. The van der Waals surface area contributed by atoms with Crippen LogP contribution in [0.4, 0.5) is 0 Å². The van der Waals surface area contributed by atoms with E-state index in [0.717, 1.165) is 55.7 Å². The van der Waals surface area contributed by atoms with E-state index in [2.05, 4.69) is 118 Å². The third-order valence-corrected chi connectivity index (χ3v) is 23.9. The van der Waals surface area contributed by atoms with Gasteiger partial charge >= 0.3 is 0 Å². The molecule has 1 aromatic rings. The van der Waals surface area contributed by atoms with E-state index >= 15 is 0 Å². The molecule has 0 bridgehead atoms. The molecular formula is C45H75NO4Si2. The van der Waals surface area contributed by atoms with E-state index in [1.165, 1.54) is 37.7 Å². The van der Waals surface area contributed by atoms with Gasteiger partial charge in [-0.15, -0.1) is 0 Å². The fourth-order valence-electron chi connectivity index (χ4n) is 9.18. The summed E-state index contributed by atoms with van der Waals surface area (Å²) in [6, 6.07) is 0. The largest absolute Gasteiger partial charge is 0.445 e. The van der Waals surface area contributed by atoms with Crippen LogP contribution in [0.2, 0.25) is 36.3 Å². The molecule has 0 radical (unpaired) electrons. The van der Waals surface area contributed by atoms with Crippen molar-refractivity contribution in [1.29, 1.82) is 0 Å². The van der Waals surface area contributed by atoms with Gasteiger partial charge in [0.25, 0.3) is 0 Å². The maximum absolute atomic E-state index is 11.4. The van der Waals surface area contributed by atoms with Crippen molar-refractivity contribution < 1.29 is 18.4 Å². The Morgan fingerprint density at radius 1 is 1.00 bits per heavy atom. The van der Waals surface area contributed by atoms with Gasteiger partial charge in [0, 0.05) is 12.8 Å². The Labute approximate surface area is 320 Å². The topological polar surface area (TPSA) is 64.7 Å². The monoisotopic (exact) mass is 750 g/mol. The maximum Gasteiger partial charge on any atom is 0.203 e. The second kappa shape index (κ2) is 15.2. The summed E-state index contributed by atoms with van der Waals surface area (Å²) in [5.41, 5.74) is 4.02. The Hall–Kier alpha value is -1.52. The summed E-state index contributed by atoms with van der Waals surface area (Å²) in [5.74, 6) is 3.25. The Balaban J connectivity index is 1.33. The average Bonchev–Trinajstić information content (AvgIpc) is 3.57. The van der Waals surface area contributed by atoms with E-state index in [1.54, 1.807) is 5.57 Å². The third kappa shape index (κ3) is 8.49. The number of rotatable bonds is 12. The lowest BCUT2D eigenvalue weighted by atomic mass is 9.61. The lowest BCUT2D eigenvalue weighted by Gasteiger charge is -2.45. The zero-order valence-corrected chi connectivity index (χ0v) is 37.5. The molecule has 52 heavy (non-hydrogen) atoms. The van der Waals surface area contributed by atoms with Crippen LogP contribution < -0.4 is 0 Å². The molecule has 5 nitrogen and oxygen atoms in total. The van der Waals surface area contributed by atoms with Crippen LogP contribution in [0, 0.1) is 23.2 Å².